The zero-order valence-electron chi connectivity index (χ0n) is 8.58. The maximum absolute atomic E-state index is 12.5. The molecule has 0 fully saturated rings. The molecule has 0 radical (unpaired) electrons. The molecule has 6 heteroatoms. The van der Waals surface area contributed by atoms with Gasteiger partial charge in [0, 0.05) is 6.54 Å². The van der Waals surface area contributed by atoms with Crippen molar-refractivity contribution < 1.29 is 23.0 Å². The van der Waals surface area contributed by atoms with Crippen LogP contribution in [0.4, 0.5) is 13.2 Å². The molecule has 0 aromatic heterocycles. The van der Waals surface area contributed by atoms with Gasteiger partial charge in [-0.2, -0.15) is 13.2 Å². The first kappa shape index (κ1) is 12.6. The first-order valence-electron chi connectivity index (χ1n) is 4.53. The van der Waals surface area contributed by atoms with Gasteiger partial charge in [-0.1, -0.05) is 6.07 Å². The largest absolute Gasteiger partial charge is 0.504 e. The Balaban J connectivity index is 3.08. The van der Waals surface area contributed by atoms with Crippen molar-refractivity contribution in [2.24, 2.45) is 5.73 Å². The van der Waals surface area contributed by atoms with Gasteiger partial charge in [0.25, 0.3) is 0 Å². The summed E-state index contributed by atoms with van der Waals surface area (Å²) < 4.78 is 42.3. The molecule has 1 atom stereocenters. The number of rotatable bonds is 3. The van der Waals surface area contributed by atoms with E-state index in [0.29, 0.717) is 0 Å². The number of alkyl halides is 3. The lowest BCUT2D eigenvalue weighted by atomic mass is 9.98. The third-order valence-electron chi connectivity index (χ3n) is 2.24. The highest BCUT2D eigenvalue weighted by Crippen LogP contribution is 2.37. The van der Waals surface area contributed by atoms with E-state index >= 15 is 0 Å². The number of aromatic hydroxyl groups is 1. The predicted octanol–water partition coefficient (Wildman–Crippen LogP) is 2.01. The van der Waals surface area contributed by atoms with Crippen molar-refractivity contribution in [1.82, 2.24) is 0 Å². The summed E-state index contributed by atoms with van der Waals surface area (Å²) in [5.74, 6) is -1.98. The van der Waals surface area contributed by atoms with Gasteiger partial charge in [0.05, 0.1) is 13.0 Å². The summed E-state index contributed by atoms with van der Waals surface area (Å²) in [7, 11) is 1.32. The van der Waals surface area contributed by atoms with E-state index in [1.54, 1.807) is 0 Å². The molecule has 0 aliphatic heterocycles. The number of phenols is 1. The van der Waals surface area contributed by atoms with Gasteiger partial charge < -0.3 is 15.6 Å². The molecule has 0 spiro atoms. The molecule has 16 heavy (non-hydrogen) atoms. The molecule has 1 unspecified atom stereocenters. The lowest BCUT2D eigenvalue weighted by Crippen LogP contribution is -2.27. The van der Waals surface area contributed by atoms with Crippen LogP contribution in [0.25, 0.3) is 0 Å². The number of halogens is 3. The third-order valence-corrected chi connectivity index (χ3v) is 2.24. The first-order valence-corrected chi connectivity index (χ1v) is 4.53. The van der Waals surface area contributed by atoms with Gasteiger partial charge in [0.15, 0.2) is 11.5 Å². The number of ether oxygens (including phenoxy) is 1. The third kappa shape index (κ3) is 2.57. The van der Waals surface area contributed by atoms with Gasteiger partial charge in [-0.25, -0.2) is 0 Å². The van der Waals surface area contributed by atoms with E-state index in [1.807, 2.05) is 0 Å². The molecule has 1 rings (SSSR count). The minimum atomic E-state index is -4.42. The van der Waals surface area contributed by atoms with Crippen molar-refractivity contribution in [3.8, 4) is 11.5 Å². The zero-order chi connectivity index (χ0) is 12.3. The summed E-state index contributed by atoms with van der Waals surface area (Å²) in [4.78, 5) is 0. The second kappa shape index (κ2) is 4.61. The van der Waals surface area contributed by atoms with Crippen molar-refractivity contribution in [3.63, 3.8) is 0 Å². The average molecular weight is 235 g/mol. The standard InChI is InChI=1S/C10H12F3NO2/c1-16-9-3-2-6(4-8(9)15)7(5-14)10(11,12)13/h2-4,7,15H,5,14H2,1H3. The predicted molar refractivity (Wildman–Crippen MR) is 52.5 cm³/mol. The van der Waals surface area contributed by atoms with Gasteiger partial charge in [-0.15, -0.1) is 0 Å². The highest BCUT2D eigenvalue weighted by molar-refractivity contribution is 5.43. The molecule has 0 bridgehead atoms. The smallest absolute Gasteiger partial charge is 0.396 e. The van der Waals surface area contributed by atoms with Crippen molar-refractivity contribution in [2.45, 2.75) is 12.1 Å². The van der Waals surface area contributed by atoms with Crippen molar-refractivity contribution in [2.75, 3.05) is 13.7 Å². The SMILES string of the molecule is COc1ccc(C(CN)C(F)(F)F)cc1O. The van der Waals surface area contributed by atoms with Crippen LogP contribution in [0.5, 0.6) is 11.5 Å². The summed E-state index contributed by atoms with van der Waals surface area (Å²) >= 11 is 0. The monoisotopic (exact) mass is 235 g/mol. The molecule has 3 N–H and O–H groups in total. The maximum atomic E-state index is 12.5. The van der Waals surface area contributed by atoms with Crippen LogP contribution in [-0.2, 0) is 0 Å². The van der Waals surface area contributed by atoms with E-state index in [4.69, 9.17) is 10.5 Å². The Morgan fingerprint density at radius 3 is 2.44 bits per heavy atom. The van der Waals surface area contributed by atoms with E-state index in [9.17, 15) is 18.3 Å². The van der Waals surface area contributed by atoms with Crippen LogP contribution in [0.1, 0.15) is 11.5 Å². The van der Waals surface area contributed by atoms with Crippen LogP contribution in [-0.4, -0.2) is 24.9 Å². The Bertz CT molecular complexity index is 366. The fraction of sp³-hybridized carbons (Fsp3) is 0.400. The number of phenolic OH excluding ortho intramolecular Hbond substituents is 1. The van der Waals surface area contributed by atoms with Gasteiger partial charge in [0.2, 0.25) is 0 Å². The summed E-state index contributed by atoms with van der Waals surface area (Å²) in [5, 5.41) is 9.37. The fourth-order valence-corrected chi connectivity index (χ4v) is 1.38. The summed E-state index contributed by atoms with van der Waals surface area (Å²) in [6, 6.07) is 3.53. The molecule has 90 valence electrons. The quantitative estimate of drug-likeness (QED) is 0.842. The lowest BCUT2D eigenvalue weighted by molar-refractivity contribution is -0.148. The number of methoxy groups -OCH3 is 1. The molecule has 1 aromatic rings. The minimum absolute atomic E-state index is 0.0756. The second-order valence-corrected chi connectivity index (χ2v) is 3.26. The Labute approximate surface area is 90.6 Å². The summed E-state index contributed by atoms with van der Waals surface area (Å²) in [6.45, 7) is -0.560. The zero-order valence-corrected chi connectivity index (χ0v) is 8.58. The molecule has 1 aromatic carbocycles. The molecule has 0 saturated carbocycles. The van der Waals surface area contributed by atoms with Crippen LogP contribution in [0.2, 0.25) is 0 Å². The van der Waals surface area contributed by atoms with Gasteiger partial charge in [-0.05, 0) is 17.7 Å². The van der Waals surface area contributed by atoms with Crippen molar-refractivity contribution in [1.29, 1.82) is 0 Å². The second-order valence-electron chi connectivity index (χ2n) is 3.26. The lowest BCUT2D eigenvalue weighted by Gasteiger charge is -2.19. The van der Waals surface area contributed by atoms with Crippen LogP contribution < -0.4 is 10.5 Å². The molecule has 0 heterocycles. The number of nitrogens with two attached hydrogens (primary N) is 1. The number of hydrogen-bond acceptors (Lipinski definition) is 3. The minimum Gasteiger partial charge on any atom is -0.504 e. The van der Waals surface area contributed by atoms with E-state index in [2.05, 4.69) is 0 Å². The fourth-order valence-electron chi connectivity index (χ4n) is 1.38. The van der Waals surface area contributed by atoms with Crippen molar-refractivity contribution in [3.05, 3.63) is 23.8 Å². The Morgan fingerprint density at radius 1 is 1.44 bits per heavy atom. The number of benzene rings is 1. The molecule has 3 nitrogen and oxygen atoms in total. The van der Waals surface area contributed by atoms with Crippen LogP contribution >= 0.6 is 0 Å². The summed E-state index contributed by atoms with van der Waals surface area (Å²) in [5.41, 5.74) is 5.00. The highest BCUT2D eigenvalue weighted by atomic mass is 19.4. The molecule has 0 amide bonds. The van der Waals surface area contributed by atoms with Gasteiger partial charge in [-0.3, -0.25) is 0 Å². The Morgan fingerprint density at radius 2 is 2.06 bits per heavy atom. The van der Waals surface area contributed by atoms with E-state index in [1.165, 1.54) is 19.2 Å². The van der Waals surface area contributed by atoms with Crippen LogP contribution in [0, 0.1) is 0 Å². The average Bonchev–Trinajstić information content (AvgIpc) is 2.17. The Hall–Kier alpha value is -1.43. The molecular weight excluding hydrogens is 223 g/mol. The van der Waals surface area contributed by atoms with Crippen LogP contribution in [0.3, 0.4) is 0 Å². The van der Waals surface area contributed by atoms with Crippen molar-refractivity contribution >= 4 is 0 Å². The Kier molecular flexibility index (Phi) is 3.64. The van der Waals surface area contributed by atoms with E-state index in [-0.39, 0.29) is 17.1 Å². The summed E-state index contributed by atoms with van der Waals surface area (Å²) in [6.07, 6.45) is -4.42. The molecular formula is C10H12F3NO2. The first-order chi connectivity index (χ1) is 7.40. The molecule has 0 aliphatic rings. The number of hydrogen-bond donors (Lipinski definition) is 2. The van der Waals surface area contributed by atoms with Gasteiger partial charge >= 0.3 is 6.18 Å². The molecule has 0 saturated heterocycles. The molecule has 0 aliphatic carbocycles. The topological polar surface area (TPSA) is 55.5 Å². The van der Waals surface area contributed by atoms with Gasteiger partial charge in [0.1, 0.15) is 0 Å². The normalized spacial score (nSPS) is 13.6. The maximum Gasteiger partial charge on any atom is 0.396 e. The van der Waals surface area contributed by atoms with Crippen LogP contribution in [0.15, 0.2) is 18.2 Å². The van der Waals surface area contributed by atoms with E-state index < -0.39 is 18.6 Å². The highest BCUT2D eigenvalue weighted by Gasteiger charge is 2.39. The van der Waals surface area contributed by atoms with E-state index in [0.717, 1.165) is 6.07 Å².